The number of hydrazine groups is 1. The third-order valence-corrected chi connectivity index (χ3v) is 8.22. The Morgan fingerprint density at radius 2 is 1.45 bits per heavy atom. The van der Waals surface area contributed by atoms with Crippen molar-refractivity contribution in [1.82, 2.24) is 15.6 Å². The van der Waals surface area contributed by atoms with Crippen molar-refractivity contribution in [3.8, 4) is 0 Å². The van der Waals surface area contributed by atoms with Gasteiger partial charge in [-0.15, -0.1) is 0 Å². The van der Waals surface area contributed by atoms with E-state index in [1.54, 1.807) is 18.2 Å². The molecule has 29 heavy (non-hydrogen) atoms. The van der Waals surface area contributed by atoms with E-state index < -0.39 is 15.9 Å². The monoisotopic (exact) mass is 419 g/mol. The Morgan fingerprint density at radius 1 is 0.897 bits per heavy atom. The molecule has 0 aromatic heterocycles. The van der Waals surface area contributed by atoms with Crippen LogP contribution in [0.1, 0.15) is 51.4 Å². The molecule has 0 unspecified atom stereocenters. The zero-order chi connectivity index (χ0) is 20.5. The quantitative estimate of drug-likeness (QED) is 0.589. The minimum atomic E-state index is -3.64. The number of hydrogen-bond donors (Lipinski definition) is 3. The standard InChI is InChI=1S/C21H29N3O4S/c25-19(6-7-22-29(27,28)18-4-2-1-3-5-18)23-24-20(26)14-21-11-15-8-16(12-21)10-17(9-15)13-21/h1-5,15-17,22H,6-14H2,(H,23,25)(H,24,26). The Balaban J connectivity index is 1.19. The van der Waals surface area contributed by atoms with Crippen LogP contribution in [0.2, 0.25) is 0 Å². The third kappa shape index (κ3) is 4.80. The van der Waals surface area contributed by atoms with Crippen LogP contribution in [0.25, 0.3) is 0 Å². The molecule has 0 atom stereocenters. The molecule has 4 aliphatic carbocycles. The first kappa shape index (κ1) is 20.3. The van der Waals surface area contributed by atoms with Crippen LogP contribution < -0.4 is 15.6 Å². The van der Waals surface area contributed by atoms with Crippen LogP contribution in [-0.4, -0.2) is 26.8 Å². The molecular formula is C21H29N3O4S. The number of carbonyl (C=O) groups excluding carboxylic acids is 2. The van der Waals surface area contributed by atoms with E-state index >= 15 is 0 Å². The fraction of sp³-hybridized carbons (Fsp3) is 0.619. The lowest BCUT2D eigenvalue weighted by Gasteiger charge is -2.56. The highest BCUT2D eigenvalue weighted by molar-refractivity contribution is 7.89. The second kappa shape index (κ2) is 8.07. The van der Waals surface area contributed by atoms with Crippen LogP contribution in [0, 0.1) is 23.2 Å². The first-order valence-electron chi connectivity index (χ1n) is 10.5. The van der Waals surface area contributed by atoms with Gasteiger partial charge in [0.1, 0.15) is 0 Å². The first-order valence-corrected chi connectivity index (χ1v) is 11.9. The number of benzene rings is 1. The van der Waals surface area contributed by atoms with Crippen molar-refractivity contribution in [2.75, 3.05) is 6.54 Å². The second-order valence-electron chi connectivity index (χ2n) is 9.15. The normalized spacial score (nSPS) is 30.1. The summed E-state index contributed by atoms with van der Waals surface area (Å²) >= 11 is 0. The van der Waals surface area contributed by atoms with Gasteiger partial charge < -0.3 is 0 Å². The van der Waals surface area contributed by atoms with E-state index in [2.05, 4.69) is 15.6 Å². The van der Waals surface area contributed by atoms with Crippen molar-refractivity contribution < 1.29 is 18.0 Å². The Morgan fingerprint density at radius 3 is 2.03 bits per heavy atom. The van der Waals surface area contributed by atoms with Gasteiger partial charge >= 0.3 is 0 Å². The molecule has 7 nitrogen and oxygen atoms in total. The smallest absolute Gasteiger partial charge is 0.240 e. The van der Waals surface area contributed by atoms with Crippen LogP contribution in [-0.2, 0) is 19.6 Å². The van der Waals surface area contributed by atoms with E-state index in [-0.39, 0.29) is 29.2 Å². The maximum absolute atomic E-state index is 12.4. The summed E-state index contributed by atoms with van der Waals surface area (Å²) < 4.78 is 26.6. The van der Waals surface area contributed by atoms with Gasteiger partial charge in [0.2, 0.25) is 21.8 Å². The van der Waals surface area contributed by atoms with Gasteiger partial charge in [0.05, 0.1) is 4.90 Å². The molecule has 8 heteroatoms. The van der Waals surface area contributed by atoms with Crippen LogP contribution in [0.3, 0.4) is 0 Å². The maximum atomic E-state index is 12.4. The summed E-state index contributed by atoms with van der Waals surface area (Å²) in [5, 5.41) is 0. The highest BCUT2D eigenvalue weighted by Gasteiger charge is 2.51. The molecule has 4 aliphatic rings. The van der Waals surface area contributed by atoms with Gasteiger partial charge in [-0.2, -0.15) is 0 Å². The fourth-order valence-electron chi connectivity index (χ4n) is 6.08. The zero-order valence-electron chi connectivity index (χ0n) is 16.5. The molecule has 4 bridgehead atoms. The lowest BCUT2D eigenvalue weighted by atomic mass is 9.49. The molecule has 1 aromatic rings. The average Bonchev–Trinajstić information content (AvgIpc) is 2.65. The van der Waals surface area contributed by atoms with E-state index in [0.717, 1.165) is 37.0 Å². The molecular weight excluding hydrogens is 390 g/mol. The maximum Gasteiger partial charge on any atom is 0.240 e. The number of nitrogens with one attached hydrogen (secondary N) is 3. The Hall–Kier alpha value is -1.93. The van der Waals surface area contributed by atoms with E-state index in [4.69, 9.17) is 0 Å². The molecule has 2 amide bonds. The summed E-state index contributed by atoms with van der Waals surface area (Å²) in [6.07, 6.45) is 7.83. The highest BCUT2D eigenvalue weighted by atomic mass is 32.2. The number of sulfonamides is 1. The van der Waals surface area contributed by atoms with Gasteiger partial charge in [-0.1, -0.05) is 18.2 Å². The van der Waals surface area contributed by atoms with E-state index in [0.29, 0.717) is 6.42 Å². The van der Waals surface area contributed by atoms with Gasteiger partial charge in [-0.3, -0.25) is 20.4 Å². The molecule has 4 fully saturated rings. The van der Waals surface area contributed by atoms with Crippen molar-refractivity contribution >= 4 is 21.8 Å². The Bertz CT molecular complexity index is 834. The first-order chi connectivity index (χ1) is 13.8. The van der Waals surface area contributed by atoms with Crippen LogP contribution >= 0.6 is 0 Å². The van der Waals surface area contributed by atoms with Crippen LogP contribution in [0.15, 0.2) is 35.2 Å². The predicted octanol–water partition coefficient (Wildman–Crippen LogP) is 2.11. The SMILES string of the molecule is O=C(CCNS(=O)(=O)c1ccccc1)NNC(=O)CC12CC3CC(CC(C3)C1)C2. The van der Waals surface area contributed by atoms with Crippen molar-refractivity contribution in [3.63, 3.8) is 0 Å². The summed E-state index contributed by atoms with van der Waals surface area (Å²) in [7, 11) is -3.64. The molecule has 0 radical (unpaired) electrons. The van der Waals surface area contributed by atoms with Crippen molar-refractivity contribution in [2.24, 2.45) is 23.2 Å². The number of rotatable bonds is 7. The van der Waals surface area contributed by atoms with E-state index in [1.807, 2.05) is 0 Å². The van der Waals surface area contributed by atoms with Gasteiger partial charge in [-0.05, 0) is 73.8 Å². The lowest BCUT2D eigenvalue weighted by molar-refractivity contribution is -0.134. The molecule has 0 aliphatic heterocycles. The van der Waals surface area contributed by atoms with Crippen molar-refractivity contribution in [3.05, 3.63) is 30.3 Å². The van der Waals surface area contributed by atoms with Gasteiger partial charge in [0.15, 0.2) is 0 Å². The zero-order valence-corrected chi connectivity index (χ0v) is 17.3. The van der Waals surface area contributed by atoms with E-state index in [9.17, 15) is 18.0 Å². The van der Waals surface area contributed by atoms with Crippen LogP contribution in [0.5, 0.6) is 0 Å². The Kier molecular flexibility index (Phi) is 5.66. The average molecular weight is 420 g/mol. The lowest BCUT2D eigenvalue weighted by Crippen LogP contribution is -2.50. The van der Waals surface area contributed by atoms with Crippen molar-refractivity contribution in [2.45, 2.75) is 56.3 Å². The minimum Gasteiger partial charge on any atom is -0.273 e. The fourth-order valence-corrected chi connectivity index (χ4v) is 7.13. The van der Waals surface area contributed by atoms with E-state index in [1.165, 1.54) is 31.4 Å². The Labute approximate surface area is 172 Å². The predicted molar refractivity (Wildman–Crippen MR) is 108 cm³/mol. The van der Waals surface area contributed by atoms with Gasteiger partial charge in [0, 0.05) is 19.4 Å². The summed E-state index contributed by atoms with van der Waals surface area (Å²) in [6.45, 7) is -0.0338. The number of carbonyl (C=O) groups is 2. The largest absolute Gasteiger partial charge is 0.273 e. The number of hydrogen-bond acceptors (Lipinski definition) is 4. The summed E-state index contributed by atoms with van der Waals surface area (Å²) in [4.78, 5) is 24.5. The molecule has 3 N–H and O–H groups in total. The molecule has 158 valence electrons. The highest BCUT2D eigenvalue weighted by Crippen LogP contribution is 2.61. The third-order valence-electron chi connectivity index (χ3n) is 6.74. The molecule has 0 saturated heterocycles. The van der Waals surface area contributed by atoms with Crippen LogP contribution in [0.4, 0.5) is 0 Å². The molecule has 0 spiro atoms. The minimum absolute atomic E-state index is 0.0338. The van der Waals surface area contributed by atoms with Gasteiger partial charge in [-0.25, -0.2) is 13.1 Å². The van der Waals surface area contributed by atoms with Gasteiger partial charge in [0.25, 0.3) is 0 Å². The summed E-state index contributed by atoms with van der Waals surface area (Å²) in [5.41, 5.74) is 5.06. The molecule has 5 rings (SSSR count). The molecule has 0 heterocycles. The summed E-state index contributed by atoms with van der Waals surface area (Å²) in [6, 6.07) is 8.00. The molecule has 1 aromatic carbocycles. The summed E-state index contributed by atoms with van der Waals surface area (Å²) in [5.74, 6) is 1.77. The molecule has 4 saturated carbocycles. The second-order valence-corrected chi connectivity index (χ2v) is 10.9. The topological polar surface area (TPSA) is 104 Å². The number of amides is 2. The van der Waals surface area contributed by atoms with Crippen molar-refractivity contribution in [1.29, 1.82) is 0 Å².